The Bertz CT molecular complexity index is 628. The van der Waals surface area contributed by atoms with Gasteiger partial charge in [-0.3, -0.25) is 19.8 Å². The summed E-state index contributed by atoms with van der Waals surface area (Å²) in [6.45, 7) is 2.53. The van der Waals surface area contributed by atoms with E-state index in [0.717, 1.165) is 50.3 Å². The van der Waals surface area contributed by atoms with Gasteiger partial charge in [-0.25, -0.2) is 0 Å². The third kappa shape index (κ3) is 4.41. The number of carbonyl (C=O) groups excluding carboxylic acids is 1. The Hall–Kier alpha value is -2.21. The van der Waals surface area contributed by atoms with Crippen LogP contribution < -0.4 is 0 Å². The highest BCUT2D eigenvalue weighted by Crippen LogP contribution is 2.18. The first kappa shape index (κ1) is 16.6. The summed E-state index contributed by atoms with van der Waals surface area (Å²) in [5.74, 6) is 0.187. The monoisotopic (exact) mass is 327 g/mol. The minimum Gasteiger partial charge on any atom is -0.342 e. The van der Waals surface area contributed by atoms with Crippen molar-refractivity contribution < 1.29 is 4.79 Å². The Morgan fingerprint density at radius 2 is 2.21 bits per heavy atom. The molecule has 1 atom stereocenters. The molecule has 0 bridgehead atoms. The van der Waals surface area contributed by atoms with Crippen molar-refractivity contribution in [3.8, 4) is 0 Å². The normalized spacial score (nSPS) is 18.6. The third-order valence-electron chi connectivity index (χ3n) is 4.71. The number of aromatic nitrogens is 3. The van der Waals surface area contributed by atoms with Crippen LogP contribution in [0.3, 0.4) is 0 Å². The number of nitrogens with one attached hydrogen (secondary N) is 1. The number of nitrogens with zero attached hydrogens (tertiary/aromatic N) is 4. The van der Waals surface area contributed by atoms with E-state index in [2.05, 4.69) is 33.2 Å². The number of pyridine rings is 1. The van der Waals surface area contributed by atoms with Gasteiger partial charge in [0.1, 0.15) is 0 Å². The van der Waals surface area contributed by atoms with Crippen molar-refractivity contribution in [1.29, 1.82) is 0 Å². The van der Waals surface area contributed by atoms with E-state index in [1.54, 1.807) is 6.20 Å². The van der Waals surface area contributed by atoms with E-state index in [4.69, 9.17) is 0 Å². The summed E-state index contributed by atoms with van der Waals surface area (Å²) in [6.07, 6.45) is 7.12. The fourth-order valence-corrected chi connectivity index (χ4v) is 3.30. The second-order valence-electron chi connectivity index (χ2n) is 6.46. The van der Waals surface area contributed by atoms with Gasteiger partial charge < -0.3 is 4.90 Å². The predicted molar refractivity (Wildman–Crippen MR) is 92.2 cm³/mol. The molecule has 1 N–H and O–H groups in total. The van der Waals surface area contributed by atoms with Gasteiger partial charge in [0.25, 0.3) is 0 Å². The van der Waals surface area contributed by atoms with E-state index < -0.39 is 0 Å². The highest BCUT2D eigenvalue weighted by Gasteiger charge is 2.23. The highest BCUT2D eigenvalue weighted by atomic mass is 16.2. The second-order valence-corrected chi connectivity index (χ2v) is 6.46. The van der Waals surface area contributed by atoms with Crippen LogP contribution in [0.1, 0.15) is 30.7 Å². The first-order valence-electron chi connectivity index (χ1n) is 8.58. The molecule has 3 rings (SSSR count). The number of rotatable bonds is 5. The maximum atomic E-state index is 12.4. The topological polar surface area (TPSA) is 65.1 Å². The van der Waals surface area contributed by atoms with Gasteiger partial charge in [-0.15, -0.1) is 0 Å². The zero-order valence-electron chi connectivity index (χ0n) is 14.2. The molecule has 3 heterocycles. The van der Waals surface area contributed by atoms with Crippen LogP contribution in [0, 0.1) is 0 Å². The molecule has 6 nitrogen and oxygen atoms in total. The van der Waals surface area contributed by atoms with Crippen LogP contribution in [0.25, 0.3) is 0 Å². The molecule has 1 amide bonds. The van der Waals surface area contributed by atoms with Gasteiger partial charge in [-0.2, -0.15) is 5.10 Å². The van der Waals surface area contributed by atoms with Gasteiger partial charge in [0.15, 0.2) is 0 Å². The highest BCUT2D eigenvalue weighted by molar-refractivity contribution is 5.78. The van der Waals surface area contributed by atoms with Crippen molar-refractivity contribution in [1.82, 2.24) is 25.0 Å². The summed E-state index contributed by atoms with van der Waals surface area (Å²) >= 11 is 0. The van der Waals surface area contributed by atoms with Crippen LogP contribution in [0.15, 0.2) is 36.7 Å². The van der Waals surface area contributed by atoms with Gasteiger partial charge in [-0.1, -0.05) is 6.07 Å². The largest absolute Gasteiger partial charge is 0.342 e. The van der Waals surface area contributed by atoms with E-state index in [1.807, 2.05) is 29.3 Å². The SMILES string of the molecule is CN(Cc1ccccn1)[C@@H]1CCCN(C(=O)Cc2ccn[nH]2)CC1. The van der Waals surface area contributed by atoms with Crippen molar-refractivity contribution in [3.63, 3.8) is 0 Å². The van der Waals surface area contributed by atoms with Crippen LogP contribution in [0.5, 0.6) is 0 Å². The zero-order valence-corrected chi connectivity index (χ0v) is 14.2. The predicted octanol–water partition coefficient (Wildman–Crippen LogP) is 1.86. The van der Waals surface area contributed by atoms with E-state index in [-0.39, 0.29) is 5.91 Å². The lowest BCUT2D eigenvalue weighted by Gasteiger charge is -2.27. The van der Waals surface area contributed by atoms with Crippen LogP contribution in [0.2, 0.25) is 0 Å². The van der Waals surface area contributed by atoms with Crippen molar-refractivity contribution in [2.45, 2.75) is 38.3 Å². The minimum atomic E-state index is 0.187. The third-order valence-corrected chi connectivity index (χ3v) is 4.71. The Kier molecular flexibility index (Phi) is 5.59. The molecule has 0 spiro atoms. The Morgan fingerprint density at radius 1 is 1.29 bits per heavy atom. The number of hydrogen-bond donors (Lipinski definition) is 1. The second kappa shape index (κ2) is 8.06. The number of aromatic amines is 1. The van der Waals surface area contributed by atoms with Crippen molar-refractivity contribution in [2.24, 2.45) is 0 Å². The molecular formula is C18H25N5O. The molecule has 1 saturated heterocycles. The van der Waals surface area contributed by atoms with Crippen molar-refractivity contribution >= 4 is 5.91 Å². The Labute approximate surface area is 142 Å². The molecule has 1 aliphatic heterocycles. The maximum Gasteiger partial charge on any atom is 0.228 e. The van der Waals surface area contributed by atoms with Crippen molar-refractivity contribution in [3.05, 3.63) is 48.0 Å². The number of likely N-dealkylation sites (tertiary alicyclic amines) is 1. The van der Waals surface area contributed by atoms with Crippen LogP contribution in [-0.4, -0.2) is 57.1 Å². The lowest BCUT2D eigenvalue weighted by atomic mass is 10.1. The number of hydrogen-bond acceptors (Lipinski definition) is 4. The number of carbonyl (C=O) groups is 1. The van der Waals surface area contributed by atoms with Gasteiger partial charge in [0, 0.05) is 43.8 Å². The summed E-state index contributed by atoms with van der Waals surface area (Å²) in [4.78, 5) is 21.2. The molecule has 2 aromatic rings. The smallest absolute Gasteiger partial charge is 0.228 e. The molecule has 128 valence electrons. The molecule has 0 aliphatic carbocycles. The summed E-state index contributed by atoms with van der Waals surface area (Å²) in [6, 6.07) is 8.39. The number of amides is 1. The summed E-state index contributed by atoms with van der Waals surface area (Å²) < 4.78 is 0. The molecule has 2 aromatic heterocycles. The molecule has 1 fully saturated rings. The summed E-state index contributed by atoms with van der Waals surface area (Å²) in [7, 11) is 2.15. The Balaban J connectivity index is 1.51. The van der Waals surface area contributed by atoms with Crippen LogP contribution in [0.4, 0.5) is 0 Å². The van der Waals surface area contributed by atoms with E-state index in [1.165, 1.54) is 0 Å². The summed E-state index contributed by atoms with van der Waals surface area (Å²) in [5, 5.41) is 6.77. The average Bonchev–Trinajstić information content (AvgIpc) is 2.96. The first-order chi connectivity index (χ1) is 11.7. The fraction of sp³-hybridized carbons (Fsp3) is 0.500. The molecule has 6 heteroatoms. The van der Waals surface area contributed by atoms with Crippen LogP contribution in [-0.2, 0) is 17.8 Å². The van der Waals surface area contributed by atoms with E-state index in [9.17, 15) is 4.79 Å². The van der Waals surface area contributed by atoms with Gasteiger partial charge in [0.05, 0.1) is 12.1 Å². The van der Waals surface area contributed by atoms with Gasteiger partial charge in [0.2, 0.25) is 5.91 Å². The van der Waals surface area contributed by atoms with E-state index in [0.29, 0.717) is 12.5 Å². The van der Waals surface area contributed by atoms with E-state index >= 15 is 0 Å². The molecule has 1 aliphatic rings. The zero-order chi connectivity index (χ0) is 16.8. The number of H-pyrrole nitrogens is 1. The van der Waals surface area contributed by atoms with Gasteiger partial charge in [-0.05, 0) is 44.5 Å². The lowest BCUT2D eigenvalue weighted by Crippen LogP contribution is -2.35. The summed E-state index contributed by atoms with van der Waals surface area (Å²) in [5.41, 5.74) is 1.98. The molecular weight excluding hydrogens is 302 g/mol. The molecule has 0 unspecified atom stereocenters. The molecule has 0 radical (unpaired) electrons. The average molecular weight is 327 g/mol. The fourth-order valence-electron chi connectivity index (χ4n) is 3.30. The maximum absolute atomic E-state index is 12.4. The minimum absolute atomic E-state index is 0.187. The molecule has 0 saturated carbocycles. The van der Waals surface area contributed by atoms with Crippen LogP contribution >= 0.6 is 0 Å². The quantitative estimate of drug-likeness (QED) is 0.910. The lowest BCUT2D eigenvalue weighted by molar-refractivity contribution is -0.130. The molecule has 0 aromatic carbocycles. The molecule has 24 heavy (non-hydrogen) atoms. The van der Waals surface area contributed by atoms with Crippen molar-refractivity contribution in [2.75, 3.05) is 20.1 Å². The standard InChI is InChI=1S/C18H25N5O/c1-22(14-16-5-2-3-9-19-16)17-6-4-11-23(12-8-17)18(24)13-15-7-10-20-21-15/h2-3,5,7,9-10,17H,4,6,8,11-14H2,1H3,(H,20,21)/t17-/m1/s1. The Morgan fingerprint density at radius 3 is 2.96 bits per heavy atom. The van der Waals surface area contributed by atoms with Gasteiger partial charge >= 0.3 is 0 Å². The first-order valence-corrected chi connectivity index (χ1v) is 8.58.